The number of nitrogens with zero attached hydrogens (tertiary/aromatic N) is 2. The van der Waals surface area contributed by atoms with Gasteiger partial charge in [0.25, 0.3) is 0 Å². The van der Waals surface area contributed by atoms with Crippen LogP contribution in [0.3, 0.4) is 0 Å². The summed E-state index contributed by atoms with van der Waals surface area (Å²) in [6, 6.07) is 0. The molecule has 0 aromatic heterocycles. The lowest BCUT2D eigenvalue weighted by Gasteiger charge is -2.40. The minimum Gasteiger partial charge on any atom is -1.00 e. The Morgan fingerprint density at radius 3 is 0.423 bits per heavy atom. The van der Waals surface area contributed by atoms with E-state index in [1.807, 2.05) is 0 Å². The van der Waals surface area contributed by atoms with Gasteiger partial charge in [-0.3, -0.25) is 0 Å². The molecule has 0 atom stereocenters. The molecule has 318 valence electrons. The molecule has 2 nitrogen and oxygen atoms in total. The number of rotatable bonds is 43. The van der Waals surface area contributed by atoms with Crippen LogP contribution in [0.4, 0.5) is 0 Å². The molecule has 0 amide bonds. The molecule has 0 heterocycles. The second-order valence-electron chi connectivity index (χ2n) is 17.4. The highest BCUT2D eigenvalue weighted by molar-refractivity contribution is 4.56. The molecule has 0 bridgehead atoms. The molecule has 0 aliphatic carbocycles. The lowest BCUT2D eigenvalue weighted by atomic mass is 10.0. The van der Waals surface area contributed by atoms with Crippen LogP contribution in [0.5, 0.6) is 0 Å². The second-order valence-corrected chi connectivity index (χ2v) is 17.4. The molecule has 0 rings (SSSR count). The average Bonchev–Trinajstić information content (AvgIpc) is 3.13. The fourth-order valence-corrected chi connectivity index (χ4v) is 8.89. The van der Waals surface area contributed by atoms with Crippen LogP contribution in [0.1, 0.15) is 260 Å². The predicted octanol–water partition coefficient (Wildman–Crippen LogP) is 10.0. The summed E-state index contributed by atoms with van der Waals surface area (Å²) in [4.78, 5) is 0. The lowest BCUT2D eigenvalue weighted by molar-refractivity contribution is -0.929. The van der Waals surface area contributed by atoms with Gasteiger partial charge in [-0.1, -0.05) is 157 Å². The SMILES string of the molecule is CCCCCC[N+](CCCCCC)(CCCCCC)CCCCCCCCCCCC[N+](CCCCCC)(CCCCCC)CCCCCC.[Cl-].[Cl-]. The third-order valence-corrected chi connectivity index (χ3v) is 12.4. The topological polar surface area (TPSA) is 0 Å². The smallest absolute Gasteiger partial charge is 0.0786 e. The Hall–Kier alpha value is 0.500. The Morgan fingerprint density at radius 2 is 0.288 bits per heavy atom. The first-order chi connectivity index (χ1) is 24.6. The lowest BCUT2D eigenvalue weighted by Crippen LogP contribution is -3.00. The van der Waals surface area contributed by atoms with Crippen LogP contribution in [0, 0.1) is 0 Å². The van der Waals surface area contributed by atoms with Crippen molar-refractivity contribution in [2.45, 2.75) is 260 Å². The van der Waals surface area contributed by atoms with Crippen molar-refractivity contribution in [3.05, 3.63) is 0 Å². The number of hydrogen-bond donors (Lipinski definition) is 0. The summed E-state index contributed by atoms with van der Waals surface area (Å²) in [5.41, 5.74) is 0. The summed E-state index contributed by atoms with van der Waals surface area (Å²) in [5, 5.41) is 0. The molecule has 0 fully saturated rings. The summed E-state index contributed by atoms with van der Waals surface area (Å²) in [7, 11) is 0. The summed E-state index contributed by atoms with van der Waals surface area (Å²) < 4.78 is 2.93. The van der Waals surface area contributed by atoms with Crippen molar-refractivity contribution in [3.8, 4) is 0 Å². The van der Waals surface area contributed by atoms with Crippen LogP contribution >= 0.6 is 0 Å². The van der Waals surface area contributed by atoms with Gasteiger partial charge in [-0.15, -0.1) is 0 Å². The van der Waals surface area contributed by atoms with Crippen molar-refractivity contribution in [2.24, 2.45) is 0 Å². The number of quaternary nitrogens is 2. The zero-order chi connectivity index (χ0) is 36.7. The van der Waals surface area contributed by atoms with Gasteiger partial charge in [-0.2, -0.15) is 0 Å². The van der Waals surface area contributed by atoms with Crippen LogP contribution in [-0.2, 0) is 0 Å². The quantitative estimate of drug-likeness (QED) is 0.0428. The van der Waals surface area contributed by atoms with E-state index < -0.39 is 0 Å². The van der Waals surface area contributed by atoms with E-state index in [9.17, 15) is 0 Å². The van der Waals surface area contributed by atoms with Crippen molar-refractivity contribution in [3.63, 3.8) is 0 Å². The van der Waals surface area contributed by atoms with Gasteiger partial charge in [0.15, 0.2) is 0 Å². The van der Waals surface area contributed by atoms with Gasteiger partial charge >= 0.3 is 0 Å². The van der Waals surface area contributed by atoms with Crippen LogP contribution < -0.4 is 24.8 Å². The normalized spacial score (nSPS) is 11.9. The van der Waals surface area contributed by atoms with Crippen molar-refractivity contribution in [1.82, 2.24) is 0 Å². The first-order valence-electron chi connectivity index (χ1n) is 24.3. The summed E-state index contributed by atoms with van der Waals surface area (Å²) in [6.07, 6.45) is 49.1. The maximum absolute atomic E-state index is 2.37. The maximum atomic E-state index is 2.37. The highest BCUT2D eigenvalue weighted by Gasteiger charge is 2.27. The summed E-state index contributed by atoms with van der Waals surface area (Å²) in [5.74, 6) is 0. The first-order valence-corrected chi connectivity index (χ1v) is 24.3. The molecular weight excluding hydrogens is 675 g/mol. The minimum atomic E-state index is 0. The largest absolute Gasteiger partial charge is 1.00 e. The van der Waals surface area contributed by atoms with Gasteiger partial charge in [-0.25, -0.2) is 0 Å². The van der Waals surface area contributed by atoms with Gasteiger partial charge in [0.2, 0.25) is 0 Å². The molecular formula is C48H102Cl2N2. The molecule has 0 saturated carbocycles. The zero-order valence-corrected chi connectivity index (χ0v) is 38.9. The van der Waals surface area contributed by atoms with Crippen molar-refractivity contribution in [1.29, 1.82) is 0 Å². The van der Waals surface area contributed by atoms with Crippen LogP contribution in [-0.4, -0.2) is 61.3 Å². The average molecular weight is 778 g/mol. The standard InChI is InChI=1S/C48H102N2.2ClH/c1-7-13-19-33-41-49(42-34-20-14-8-2,43-35-21-15-9-3)47-39-31-29-27-25-26-28-30-32-40-48-50(44-36-22-16-10-4,45-37-23-17-11-5)46-38-24-18-12-6;;/h7-48H2,1-6H3;2*1H/q+2;;/p-2. The second kappa shape index (κ2) is 44.2. The molecule has 0 saturated heterocycles. The van der Waals surface area contributed by atoms with Crippen LogP contribution in [0.25, 0.3) is 0 Å². The van der Waals surface area contributed by atoms with E-state index >= 15 is 0 Å². The Labute approximate surface area is 344 Å². The fraction of sp³-hybridized carbons (Fsp3) is 1.00. The summed E-state index contributed by atoms with van der Waals surface area (Å²) >= 11 is 0. The molecule has 4 heteroatoms. The van der Waals surface area contributed by atoms with Gasteiger partial charge in [0.1, 0.15) is 0 Å². The highest BCUT2D eigenvalue weighted by atomic mass is 35.5. The zero-order valence-electron chi connectivity index (χ0n) is 37.3. The fourth-order valence-electron chi connectivity index (χ4n) is 8.89. The van der Waals surface area contributed by atoms with E-state index in [0.717, 1.165) is 0 Å². The van der Waals surface area contributed by atoms with E-state index in [-0.39, 0.29) is 24.8 Å². The van der Waals surface area contributed by atoms with E-state index in [1.165, 1.54) is 280 Å². The maximum Gasteiger partial charge on any atom is 0.0786 e. The van der Waals surface area contributed by atoms with Crippen LogP contribution in [0.2, 0.25) is 0 Å². The van der Waals surface area contributed by atoms with E-state index in [4.69, 9.17) is 0 Å². The Morgan fingerprint density at radius 1 is 0.173 bits per heavy atom. The van der Waals surface area contributed by atoms with E-state index in [2.05, 4.69) is 41.5 Å². The third-order valence-electron chi connectivity index (χ3n) is 12.4. The Kier molecular flexibility index (Phi) is 48.3. The van der Waals surface area contributed by atoms with E-state index in [0.29, 0.717) is 0 Å². The van der Waals surface area contributed by atoms with E-state index in [1.54, 1.807) is 0 Å². The van der Waals surface area contributed by atoms with Crippen LogP contribution in [0.15, 0.2) is 0 Å². The van der Waals surface area contributed by atoms with Gasteiger partial charge in [-0.05, 0) is 103 Å². The molecule has 0 aliphatic rings. The molecule has 0 spiro atoms. The predicted molar refractivity (Wildman–Crippen MR) is 230 cm³/mol. The van der Waals surface area contributed by atoms with Gasteiger partial charge in [0, 0.05) is 0 Å². The molecule has 0 aromatic carbocycles. The highest BCUT2D eigenvalue weighted by Crippen LogP contribution is 2.22. The number of halogens is 2. The van der Waals surface area contributed by atoms with Gasteiger partial charge < -0.3 is 33.8 Å². The molecule has 0 unspecified atom stereocenters. The molecule has 0 radical (unpaired) electrons. The third kappa shape index (κ3) is 35.0. The number of hydrogen-bond acceptors (Lipinski definition) is 0. The molecule has 0 aromatic rings. The number of unbranched alkanes of at least 4 members (excludes halogenated alkanes) is 27. The Bertz CT molecular complexity index is 525. The van der Waals surface area contributed by atoms with Gasteiger partial charge in [0.05, 0.1) is 52.4 Å². The monoisotopic (exact) mass is 777 g/mol. The van der Waals surface area contributed by atoms with Crippen molar-refractivity contribution < 1.29 is 33.8 Å². The Balaban J connectivity index is -0.0000120. The molecule has 52 heavy (non-hydrogen) atoms. The van der Waals surface area contributed by atoms with Crippen molar-refractivity contribution in [2.75, 3.05) is 52.4 Å². The summed E-state index contributed by atoms with van der Waals surface area (Å²) in [6.45, 7) is 25.9. The van der Waals surface area contributed by atoms with Crippen molar-refractivity contribution >= 4 is 0 Å². The molecule has 0 aliphatic heterocycles. The minimum absolute atomic E-state index is 0. The first kappa shape index (κ1) is 56.8. The molecule has 0 N–H and O–H groups in total.